The molecule has 0 saturated carbocycles. The Labute approximate surface area is 148 Å². The monoisotopic (exact) mass is 344 g/mol. The van der Waals surface area contributed by atoms with Crippen LogP contribution in [0.2, 0.25) is 0 Å². The van der Waals surface area contributed by atoms with Gasteiger partial charge in [-0.3, -0.25) is 4.79 Å². The van der Waals surface area contributed by atoms with Gasteiger partial charge in [0.1, 0.15) is 5.75 Å². The number of hydrogen-bond donors (Lipinski definition) is 1. The number of carbonyl (C=O) groups is 1. The van der Waals surface area contributed by atoms with Crippen LogP contribution in [0.25, 0.3) is 0 Å². The third-order valence-corrected chi connectivity index (χ3v) is 4.24. The van der Waals surface area contributed by atoms with E-state index < -0.39 is 12.7 Å². The van der Waals surface area contributed by atoms with Gasteiger partial charge in [-0.25, -0.2) is 0 Å². The Kier molecular flexibility index (Phi) is 6.04. The molecule has 1 N–H and O–H groups in total. The van der Waals surface area contributed by atoms with Crippen LogP contribution in [0, 0.1) is 20.8 Å². The van der Waals surface area contributed by atoms with Gasteiger partial charge in [-0.2, -0.15) is 0 Å². The molecule has 0 aliphatic rings. The van der Waals surface area contributed by atoms with Gasteiger partial charge >= 0.3 is 0 Å². The molecule has 25 heavy (non-hydrogen) atoms. The Morgan fingerprint density at radius 1 is 1.04 bits per heavy atom. The van der Waals surface area contributed by atoms with Gasteiger partial charge in [-0.1, -0.05) is 12.1 Å². The molecular formula is C20H24O5. The Bertz CT molecular complexity index is 767. The van der Waals surface area contributed by atoms with E-state index in [0.717, 1.165) is 16.7 Å². The van der Waals surface area contributed by atoms with Crippen LogP contribution in [-0.4, -0.2) is 37.8 Å². The summed E-state index contributed by atoms with van der Waals surface area (Å²) in [6, 6.07) is 8.90. The maximum atomic E-state index is 12.8. The molecule has 0 saturated heterocycles. The molecule has 0 spiro atoms. The molecule has 1 unspecified atom stereocenters. The number of ether oxygens (including phenoxy) is 3. The first-order valence-electron chi connectivity index (χ1n) is 8.03. The molecule has 0 aromatic heterocycles. The molecule has 1 atom stereocenters. The second-order valence-electron chi connectivity index (χ2n) is 5.88. The van der Waals surface area contributed by atoms with Crippen LogP contribution in [0.1, 0.15) is 27.0 Å². The Morgan fingerprint density at radius 3 is 2.32 bits per heavy atom. The molecule has 0 aliphatic carbocycles. The fourth-order valence-corrected chi connectivity index (χ4v) is 2.62. The first kappa shape index (κ1) is 18.8. The minimum atomic E-state index is -1.03. The minimum absolute atomic E-state index is 0.311. The highest BCUT2D eigenvalue weighted by Crippen LogP contribution is 2.32. The number of para-hydroxylation sites is 1. The van der Waals surface area contributed by atoms with E-state index in [1.54, 1.807) is 25.3 Å². The van der Waals surface area contributed by atoms with Crippen molar-refractivity contribution >= 4 is 5.78 Å². The number of aliphatic hydroxyl groups excluding tert-OH is 1. The summed E-state index contributed by atoms with van der Waals surface area (Å²) in [5.74, 6) is 1.29. The van der Waals surface area contributed by atoms with E-state index in [0.29, 0.717) is 22.8 Å². The van der Waals surface area contributed by atoms with Crippen LogP contribution < -0.4 is 14.2 Å². The van der Waals surface area contributed by atoms with Crippen molar-refractivity contribution in [3.8, 4) is 17.2 Å². The summed E-state index contributed by atoms with van der Waals surface area (Å²) in [6.07, 6.45) is -1.03. The van der Waals surface area contributed by atoms with Crippen molar-refractivity contribution in [3.05, 3.63) is 52.6 Å². The quantitative estimate of drug-likeness (QED) is 0.781. The van der Waals surface area contributed by atoms with E-state index in [9.17, 15) is 9.90 Å². The van der Waals surface area contributed by atoms with Gasteiger partial charge in [-0.05, 0) is 55.7 Å². The predicted molar refractivity (Wildman–Crippen MR) is 96.0 cm³/mol. The number of Topliss-reactive ketones (excluding diaryl/α,β-unsaturated/α-hetero) is 1. The zero-order valence-electron chi connectivity index (χ0n) is 15.3. The fraction of sp³-hybridized carbons (Fsp3) is 0.350. The van der Waals surface area contributed by atoms with E-state index in [-0.39, 0.29) is 5.78 Å². The SMILES string of the molecule is COc1cc(C(=O)C(CO)Oc2c(C)cccc2OC)cc(C)c1C. The molecule has 2 aromatic carbocycles. The number of aliphatic hydroxyl groups is 1. The number of benzene rings is 2. The van der Waals surface area contributed by atoms with Crippen LogP contribution in [0.15, 0.2) is 30.3 Å². The standard InChI is InChI=1S/C20H24O5/c1-12-7-6-8-16(23-4)20(12)25-18(11-21)19(22)15-9-13(2)14(3)17(10-15)24-5/h6-10,18,21H,11H2,1-5H3. The second kappa shape index (κ2) is 8.03. The molecule has 134 valence electrons. The number of ketones is 1. The predicted octanol–water partition coefficient (Wildman–Crippen LogP) is 3.25. The molecule has 0 heterocycles. The number of aryl methyl sites for hydroxylation is 2. The molecule has 0 aliphatic heterocycles. The highest BCUT2D eigenvalue weighted by Gasteiger charge is 2.24. The molecule has 0 amide bonds. The Hall–Kier alpha value is -2.53. The topological polar surface area (TPSA) is 65.0 Å². The highest BCUT2D eigenvalue weighted by molar-refractivity contribution is 6.00. The van der Waals surface area contributed by atoms with E-state index in [1.807, 2.05) is 32.9 Å². The van der Waals surface area contributed by atoms with Crippen LogP contribution in [0.5, 0.6) is 17.2 Å². The molecule has 0 radical (unpaired) electrons. The van der Waals surface area contributed by atoms with Gasteiger partial charge < -0.3 is 19.3 Å². The maximum Gasteiger partial charge on any atom is 0.205 e. The zero-order valence-corrected chi connectivity index (χ0v) is 15.3. The fourth-order valence-electron chi connectivity index (χ4n) is 2.62. The lowest BCUT2D eigenvalue weighted by molar-refractivity contribution is 0.0650. The Morgan fingerprint density at radius 2 is 1.72 bits per heavy atom. The maximum absolute atomic E-state index is 12.8. The number of rotatable bonds is 7. The summed E-state index contributed by atoms with van der Waals surface area (Å²) in [5.41, 5.74) is 3.17. The summed E-state index contributed by atoms with van der Waals surface area (Å²) in [5, 5.41) is 9.71. The van der Waals surface area contributed by atoms with E-state index in [2.05, 4.69) is 0 Å². The van der Waals surface area contributed by atoms with Gasteiger partial charge in [0, 0.05) is 5.56 Å². The van der Waals surface area contributed by atoms with Crippen molar-refractivity contribution in [2.24, 2.45) is 0 Å². The molecule has 2 rings (SSSR count). The largest absolute Gasteiger partial charge is 0.496 e. The summed E-state index contributed by atoms with van der Waals surface area (Å²) in [4.78, 5) is 12.8. The lowest BCUT2D eigenvalue weighted by Gasteiger charge is -2.20. The lowest BCUT2D eigenvalue weighted by atomic mass is 10.00. The van der Waals surface area contributed by atoms with Gasteiger partial charge in [0.2, 0.25) is 5.78 Å². The van der Waals surface area contributed by atoms with Gasteiger partial charge in [0.25, 0.3) is 0 Å². The van der Waals surface area contributed by atoms with Gasteiger partial charge in [-0.15, -0.1) is 0 Å². The normalized spacial score (nSPS) is 11.8. The van der Waals surface area contributed by atoms with Crippen molar-refractivity contribution in [1.82, 2.24) is 0 Å². The van der Waals surface area contributed by atoms with Crippen molar-refractivity contribution in [2.75, 3.05) is 20.8 Å². The van der Waals surface area contributed by atoms with Gasteiger partial charge in [0.15, 0.2) is 17.6 Å². The number of methoxy groups -OCH3 is 2. The van der Waals surface area contributed by atoms with Crippen LogP contribution in [0.3, 0.4) is 0 Å². The van der Waals surface area contributed by atoms with Crippen molar-refractivity contribution in [2.45, 2.75) is 26.9 Å². The summed E-state index contributed by atoms with van der Waals surface area (Å²) in [6.45, 7) is 5.26. The summed E-state index contributed by atoms with van der Waals surface area (Å²) in [7, 11) is 3.10. The molecule has 5 heteroatoms. The van der Waals surface area contributed by atoms with Crippen molar-refractivity contribution in [3.63, 3.8) is 0 Å². The molecule has 5 nitrogen and oxygen atoms in total. The number of carbonyl (C=O) groups excluding carboxylic acids is 1. The van der Waals surface area contributed by atoms with Crippen molar-refractivity contribution in [1.29, 1.82) is 0 Å². The first-order chi connectivity index (χ1) is 11.9. The van der Waals surface area contributed by atoms with Crippen LogP contribution >= 0.6 is 0 Å². The van der Waals surface area contributed by atoms with E-state index >= 15 is 0 Å². The molecule has 0 fully saturated rings. The lowest BCUT2D eigenvalue weighted by Crippen LogP contribution is -2.31. The smallest absolute Gasteiger partial charge is 0.205 e. The molecule has 0 bridgehead atoms. The molecule has 2 aromatic rings. The first-order valence-corrected chi connectivity index (χ1v) is 8.03. The zero-order chi connectivity index (χ0) is 18.6. The number of hydrogen-bond acceptors (Lipinski definition) is 5. The van der Waals surface area contributed by atoms with E-state index in [1.165, 1.54) is 7.11 Å². The average Bonchev–Trinajstić information content (AvgIpc) is 2.62. The van der Waals surface area contributed by atoms with Crippen LogP contribution in [-0.2, 0) is 0 Å². The summed E-state index contributed by atoms with van der Waals surface area (Å²) >= 11 is 0. The third-order valence-electron chi connectivity index (χ3n) is 4.24. The highest BCUT2D eigenvalue weighted by atomic mass is 16.5. The molecular weight excluding hydrogens is 320 g/mol. The summed E-state index contributed by atoms with van der Waals surface area (Å²) < 4.78 is 16.4. The van der Waals surface area contributed by atoms with Crippen molar-refractivity contribution < 1.29 is 24.1 Å². The average molecular weight is 344 g/mol. The minimum Gasteiger partial charge on any atom is -0.496 e. The van der Waals surface area contributed by atoms with Crippen LogP contribution in [0.4, 0.5) is 0 Å². The Balaban J connectivity index is 2.36. The second-order valence-corrected chi connectivity index (χ2v) is 5.88. The van der Waals surface area contributed by atoms with Gasteiger partial charge in [0.05, 0.1) is 20.8 Å². The third kappa shape index (κ3) is 3.94. The van der Waals surface area contributed by atoms with E-state index in [4.69, 9.17) is 14.2 Å².